The molecule has 0 aliphatic rings. The van der Waals surface area contributed by atoms with Crippen LogP contribution in [0.1, 0.15) is 35.9 Å². The third-order valence-corrected chi connectivity index (χ3v) is 3.72. The van der Waals surface area contributed by atoms with Gasteiger partial charge in [0.2, 0.25) is 5.95 Å². The fourth-order valence-electron chi connectivity index (χ4n) is 2.11. The van der Waals surface area contributed by atoms with Crippen molar-refractivity contribution in [3.05, 3.63) is 46.7 Å². The molecule has 1 N–H and O–H groups in total. The van der Waals surface area contributed by atoms with Gasteiger partial charge in [0.1, 0.15) is 5.69 Å². The number of aromatic nitrogens is 2. The summed E-state index contributed by atoms with van der Waals surface area (Å²) in [6.45, 7) is 4.65. The number of nitrogens with one attached hydrogen (secondary N) is 1. The number of nitrogens with zero attached hydrogens (tertiary/aromatic N) is 3. The Bertz CT molecular complexity index is 690. The van der Waals surface area contributed by atoms with Crippen molar-refractivity contribution in [2.24, 2.45) is 0 Å². The smallest absolute Gasteiger partial charge is 0.272 e. The van der Waals surface area contributed by atoms with Crippen molar-refractivity contribution >= 4 is 29.1 Å². The van der Waals surface area contributed by atoms with E-state index in [0.29, 0.717) is 28.9 Å². The first-order chi connectivity index (χ1) is 11.0. The zero-order chi connectivity index (χ0) is 16.8. The van der Waals surface area contributed by atoms with Crippen LogP contribution in [0.3, 0.4) is 0 Å². The molecule has 122 valence electrons. The number of hydrogen-bond donors (Lipinski definition) is 1. The van der Waals surface area contributed by atoms with Gasteiger partial charge in [0.05, 0.1) is 10.7 Å². The molecule has 0 saturated heterocycles. The van der Waals surface area contributed by atoms with Crippen LogP contribution in [0.25, 0.3) is 0 Å². The average Bonchev–Trinajstić information content (AvgIpc) is 2.53. The lowest BCUT2D eigenvalue weighted by atomic mass is 10.2. The second-order valence-corrected chi connectivity index (χ2v) is 5.81. The first-order valence-corrected chi connectivity index (χ1v) is 8.01. The summed E-state index contributed by atoms with van der Waals surface area (Å²) in [4.78, 5) is 22.8. The van der Waals surface area contributed by atoms with Gasteiger partial charge in [-0.2, -0.15) is 0 Å². The van der Waals surface area contributed by atoms with Crippen molar-refractivity contribution in [1.82, 2.24) is 14.9 Å². The first kappa shape index (κ1) is 17.2. The quantitative estimate of drug-likeness (QED) is 0.866. The first-order valence-electron chi connectivity index (χ1n) is 7.64. The maximum atomic E-state index is 12.5. The van der Waals surface area contributed by atoms with E-state index in [4.69, 9.17) is 11.6 Å². The van der Waals surface area contributed by atoms with Gasteiger partial charge < -0.3 is 10.2 Å². The minimum Gasteiger partial charge on any atom is -0.340 e. The van der Waals surface area contributed by atoms with Gasteiger partial charge >= 0.3 is 0 Å². The standard InChI is InChI=1S/C17H21ClN4O/c1-4-5-10-22(3)16(23)15-11-12(2)19-17(21-15)20-14-9-7-6-8-13(14)18/h6-9,11H,4-5,10H2,1-3H3,(H,19,20,21). The van der Waals surface area contributed by atoms with Gasteiger partial charge in [0.25, 0.3) is 5.91 Å². The van der Waals surface area contributed by atoms with E-state index in [1.165, 1.54) is 0 Å². The molecule has 0 spiro atoms. The number of benzene rings is 1. The number of amides is 1. The van der Waals surface area contributed by atoms with E-state index in [-0.39, 0.29) is 5.91 Å². The Morgan fingerprint density at radius 2 is 2.04 bits per heavy atom. The third-order valence-electron chi connectivity index (χ3n) is 3.39. The maximum Gasteiger partial charge on any atom is 0.272 e. The molecule has 1 aromatic carbocycles. The summed E-state index contributed by atoms with van der Waals surface area (Å²) < 4.78 is 0. The normalized spacial score (nSPS) is 10.4. The second-order valence-electron chi connectivity index (χ2n) is 5.40. The van der Waals surface area contributed by atoms with Gasteiger partial charge in [-0.25, -0.2) is 9.97 Å². The van der Waals surface area contributed by atoms with Crippen molar-refractivity contribution in [2.75, 3.05) is 18.9 Å². The molecule has 0 aliphatic carbocycles. The average molecular weight is 333 g/mol. The van der Waals surface area contributed by atoms with Gasteiger partial charge in [-0.15, -0.1) is 0 Å². The number of rotatable bonds is 6. The van der Waals surface area contributed by atoms with E-state index < -0.39 is 0 Å². The lowest BCUT2D eigenvalue weighted by Crippen LogP contribution is -2.28. The van der Waals surface area contributed by atoms with Crippen molar-refractivity contribution in [1.29, 1.82) is 0 Å². The second kappa shape index (κ2) is 7.92. The molecule has 5 nitrogen and oxygen atoms in total. The van der Waals surface area contributed by atoms with Crippen LogP contribution >= 0.6 is 11.6 Å². The third kappa shape index (κ3) is 4.66. The highest BCUT2D eigenvalue weighted by Gasteiger charge is 2.15. The molecule has 0 bridgehead atoms. The molecule has 2 aromatic rings. The molecule has 2 rings (SSSR count). The van der Waals surface area contributed by atoms with Gasteiger partial charge in [-0.3, -0.25) is 4.79 Å². The molecular weight excluding hydrogens is 312 g/mol. The Morgan fingerprint density at radius 3 is 2.74 bits per heavy atom. The van der Waals surface area contributed by atoms with E-state index in [9.17, 15) is 4.79 Å². The van der Waals surface area contributed by atoms with Crippen LogP contribution in [0.15, 0.2) is 30.3 Å². The Labute approximate surface area is 141 Å². The Morgan fingerprint density at radius 1 is 1.30 bits per heavy atom. The number of halogens is 1. The summed E-state index contributed by atoms with van der Waals surface area (Å²) in [7, 11) is 1.79. The van der Waals surface area contributed by atoms with E-state index in [1.54, 1.807) is 24.1 Å². The fourth-order valence-corrected chi connectivity index (χ4v) is 2.29. The highest BCUT2D eigenvalue weighted by atomic mass is 35.5. The van der Waals surface area contributed by atoms with E-state index >= 15 is 0 Å². The highest BCUT2D eigenvalue weighted by molar-refractivity contribution is 6.33. The summed E-state index contributed by atoms with van der Waals surface area (Å²) in [6, 6.07) is 9.03. The lowest BCUT2D eigenvalue weighted by molar-refractivity contribution is 0.0787. The van der Waals surface area contributed by atoms with Crippen LogP contribution in [0, 0.1) is 6.92 Å². The van der Waals surface area contributed by atoms with E-state index in [1.807, 2.05) is 25.1 Å². The highest BCUT2D eigenvalue weighted by Crippen LogP contribution is 2.23. The zero-order valence-electron chi connectivity index (χ0n) is 13.6. The number of carbonyl (C=O) groups is 1. The Balaban J connectivity index is 2.22. The van der Waals surface area contributed by atoms with E-state index in [2.05, 4.69) is 22.2 Å². The monoisotopic (exact) mass is 332 g/mol. The minimum atomic E-state index is -0.105. The SMILES string of the molecule is CCCCN(C)C(=O)c1cc(C)nc(Nc2ccccc2Cl)n1. The van der Waals surface area contributed by atoms with Crippen molar-refractivity contribution in [3.63, 3.8) is 0 Å². The predicted molar refractivity (Wildman–Crippen MR) is 93.4 cm³/mol. The molecule has 0 radical (unpaired) electrons. The van der Waals surface area contributed by atoms with Crippen LogP contribution in [0.4, 0.5) is 11.6 Å². The molecule has 6 heteroatoms. The number of anilines is 2. The summed E-state index contributed by atoms with van der Waals surface area (Å²) in [5.74, 6) is 0.261. The molecule has 1 aromatic heterocycles. The number of aryl methyl sites for hydroxylation is 1. The molecule has 1 heterocycles. The van der Waals surface area contributed by atoms with Gasteiger partial charge in [-0.1, -0.05) is 37.1 Å². The molecule has 23 heavy (non-hydrogen) atoms. The lowest BCUT2D eigenvalue weighted by Gasteiger charge is -2.17. The van der Waals surface area contributed by atoms with Crippen molar-refractivity contribution in [3.8, 4) is 0 Å². The summed E-state index contributed by atoms with van der Waals surface area (Å²) in [6.07, 6.45) is 2.01. The van der Waals surface area contributed by atoms with Gasteiger partial charge in [0, 0.05) is 19.3 Å². The molecule has 1 amide bonds. The van der Waals surface area contributed by atoms with Gasteiger partial charge in [-0.05, 0) is 31.5 Å². The van der Waals surface area contributed by atoms with Crippen molar-refractivity contribution in [2.45, 2.75) is 26.7 Å². The summed E-state index contributed by atoms with van der Waals surface area (Å²) in [5.41, 5.74) is 1.81. The number of para-hydroxylation sites is 1. The molecule has 0 atom stereocenters. The molecule has 0 aliphatic heterocycles. The zero-order valence-corrected chi connectivity index (χ0v) is 14.4. The Kier molecular flexibility index (Phi) is 5.93. The largest absolute Gasteiger partial charge is 0.340 e. The van der Waals surface area contributed by atoms with Crippen LogP contribution in [0.5, 0.6) is 0 Å². The number of unbranched alkanes of at least 4 members (excludes halogenated alkanes) is 1. The molecule has 0 fully saturated rings. The van der Waals surface area contributed by atoms with Crippen molar-refractivity contribution < 1.29 is 4.79 Å². The van der Waals surface area contributed by atoms with Gasteiger partial charge in [0.15, 0.2) is 0 Å². The molecule has 0 unspecified atom stereocenters. The number of carbonyl (C=O) groups excluding carboxylic acids is 1. The maximum absolute atomic E-state index is 12.5. The van der Waals surface area contributed by atoms with Crippen LogP contribution in [-0.4, -0.2) is 34.4 Å². The topological polar surface area (TPSA) is 58.1 Å². The Hall–Kier alpha value is -2.14. The molecule has 0 saturated carbocycles. The minimum absolute atomic E-state index is 0.105. The van der Waals surface area contributed by atoms with E-state index in [0.717, 1.165) is 18.5 Å². The summed E-state index contributed by atoms with van der Waals surface area (Å²) in [5, 5.41) is 3.64. The predicted octanol–water partition coefficient (Wildman–Crippen LogP) is 4.05. The number of hydrogen-bond acceptors (Lipinski definition) is 4. The van der Waals surface area contributed by atoms with Crippen LogP contribution < -0.4 is 5.32 Å². The summed E-state index contributed by atoms with van der Waals surface area (Å²) >= 11 is 6.13. The van der Waals surface area contributed by atoms with Crippen LogP contribution in [0.2, 0.25) is 5.02 Å². The van der Waals surface area contributed by atoms with Crippen LogP contribution in [-0.2, 0) is 0 Å². The molecular formula is C17H21ClN4O. The fraction of sp³-hybridized carbons (Fsp3) is 0.353.